The molecule has 382 valence electrons. The molecule has 72 heavy (non-hydrogen) atoms. The lowest BCUT2D eigenvalue weighted by atomic mass is 9.66. The number of benzene rings is 4. The maximum Gasteiger partial charge on any atom is 0.255 e. The second kappa shape index (κ2) is 23.8. The molecule has 0 radical (unpaired) electrons. The van der Waals surface area contributed by atoms with Gasteiger partial charge in [0.2, 0.25) is 23.6 Å². The Labute approximate surface area is 436 Å². The molecule has 5 atom stereocenters. The summed E-state index contributed by atoms with van der Waals surface area (Å²) in [5.74, 6) is -1.63. The zero-order chi connectivity index (χ0) is 51.9. The number of anilines is 1. The molecule has 0 aliphatic carbocycles. The van der Waals surface area contributed by atoms with Gasteiger partial charge in [-0.15, -0.1) is 0 Å². The number of nitrogens with zero attached hydrogens (tertiary/aromatic N) is 2. The van der Waals surface area contributed by atoms with E-state index in [0.29, 0.717) is 65.0 Å². The summed E-state index contributed by atoms with van der Waals surface area (Å²) in [4.78, 5) is 84.0. The van der Waals surface area contributed by atoms with Crippen LogP contribution in [0, 0.1) is 16.7 Å². The van der Waals surface area contributed by atoms with Crippen LogP contribution in [-0.2, 0) is 32.1 Å². The lowest BCUT2D eigenvalue weighted by Crippen LogP contribution is -2.58. The van der Waals surface area contributed by atoms with Crippen molar-refractivity contribution in [2.24, 2.45) is 11.3 Å². The second-order valence-electron chi connectivity index (χ2n) is 19.9. The number of imide groups is 1. The van der Waals surface area contributed by atoms with Crippen molar-refractivity contribution in [2.45, 2.75) is 128 Å². The molecule has 1 unspecified atom stereocenters. The number of amides is 6. The van der Waals surface area contributed by atoms with Gasteiger partial charge in [-0.3, -0.25) is 39.5 Å². The first-order valence-corrected chi connectivity index (χ1v) is 26.3. The van der Waals surface area contributed by atoms with Crippen molar-refractivity contribution in [3.05, 3.63) is 128 Å². The SMILES string of the molecule is COc1cc(NC(=O)C[C@@]2(C)C[C@H](c3cccc(Cl)c3)[C@@H](c3ccc(Cl)cc3)N([C@@H](CC(=N)NSC(C)C)C(C)C)C2=O)ccc1C(=O)NCCCCCc1cccc2c1CN(C1CCC(=O)NC1=O)C2=O. The van der Waals surface area contributed by atoms with Gasteiger partial charge in [0.25, 0.3) is 11.8 Å². The highest BCUT2D eigenvalue weighted by Gasteiger charge is 2.53. The van der Waals surface area contributed by atoms with Crippen LogP contribution in [0.4, 0.5) is 5.69 Å². The summed E-state index contributed by atoms with van der Waals surface area (Å²) in [6.07, 6.45) is 4.04. The van der Waals surface area contributed by atoms with Crippen molar-refractivity contribution < 1.29 is 33.5 Å². The van der Waals surface area contributed by atoms with E-state index in [1.807, 2.05) is 86.3 Å². The highest BCUT2D eigenvalue weighted by atomic mass is 35.5. The highest BCUT2D eigenvalue weighted by molar-refractivity contribution is 7.98. The summed E-state index contributed by atoms with van der Waals surface area (Å²) in [6.45, 7) is 10.8. The molecule has 3 aliphatic rings. The summed E-state index contributed by atoms with van der Waals surface area (Å²) in [5, 5.41) is 18.6. The molecule has 0 spiro atoms. The van der Waals surface area contributed by atoms with Gasteiger partial charge in [0, 0.05) is 76.9 Å². The molecule has 5 N–H and O–H groups in total. The van der Waals surface area contributed by atoms with Gasteiger partial charge in [-0.25, -0.2) is 0 Å². The number of methoxy groups -OCH3 is 1. The smallest absolute Gasteiger partial charge is 0.255 e. The number of rotatable bonds is 20. The number of unbranched alkanes of at least 4 members (excludes halogenated alkanes) is 2. The number of hydrogen-bond acceptors (Lipinski definition) is 9. The summed E-state index contributed by atoms with van der Waals surface area (Å²) in [7, 11) is 1.46. The Morgan fingerprint density at radius 3 is 2.36 bits per heavy atom. The van der Waals surface area contributed by atoms with Crippen molar-refractivity contribution in [1.29, 1.82) is 5.41 Å². The van der Waals surface area contributed by atoms with Crippen molar-refractivity contribution in [3.63, 3.8) is 0 Å². The maximum atomic E-state index is 15.4. The van der Waals surface area contributed by atoms with Gasteiger partial charge >= 0.3 is 0 Å². The topological polar surface area (TPSA) is 190 Å². The van der Waals surface area contributed by atoms with Crippen molar-refractivity contribution >= 4 is 82.1 Å². The fourth-order valence-electron chi connectivity index (χ4n) is 10.3. The van der Waals surface area contributed by atoms with Crippen LogP contribution in [-0.4, -0.2) is 82.1 Å². The lowest BCUT2D eigenvalue weighted by Gasteiger charge is -2.53. The van der Waals surface area contributed by atoms with E-state index in [2.05, 4.69) is 34.5 Å². The molecule has 2 saturated heterocycles. The number of ether oxygens (including phenoxy) is 1. The van der Waals surface area contributed by atoms with E-state index < -0.39 is 29.4 Å². The van der Waals surface area contributed by atoms with Crippen LogP contribution in [0.1, 0.15) is 141 Å². The van der Waals surface area contributed by atoms with E-state index in [1.54, 1.807) is 29.2 Å². The number of hydrogen-bond donors (Lipinski definition) is 5. The average molecular weight is 1040 g/mol. The van der Waals surface area contributed by atoms with Crippen molar-refractivity contribution in [3.8, 4) is 5.75 Å². The second-order valence-corrected chi connectivity index (χ2v) is 22.2. The summed E-state index contributed by atoms with van der Waals surface area (Å²) < 4.78 is 8.83. The van der Waals surface area contributed by atoms with Crippen LogP contribution in [0.15, 0.2) is 84.9 Å². The average Bonchev–Trinajstić information content (AvgIpc) is 3.67. The normalized spacial score (nSPS) is 20.3. The fourth-order valence-corrected chi connectivity index (χ4v) is 11.1. The largest absolute Gasteiger partial charge is 0.496 e. The Balaban J connectivity index is 1.00. The van der Waals surface area contributed by atoms with E-state index in [0.717, 1.165) is 41.5 Å². The van der Waals surface area contributed by atoms with E-state index in [-0.39, 0.29) is 71.6 Å². The first-order valence-electron chi connectivity index (χ1n) is 24.7. The van der Waals surface area contributed by atoms with Gasteiger partial charge in [0.15, 0.2) is 0 Å². The van der Waals surface area contributed by atoms with E-state index >= 15 is 4.79 Å². The zero-order valence-electron chi connectivity index (χ0n) is 41.7. The predicted molar refractivity (Wildman–Crippen MR) is 283 cm³/mol. The maximum absolute atomic E-state index is 15.4. The Morgan fingerprint density at radius 1 is 0.917 bits per heavy atom. The monoisotopic (exact) mass is 1040 g/mol. The molecule has 3 aliphatic heterocycles. The molecule has 17 heteroatoms. The Morgan fingerprint density at radius 2 is 1.67 bits per heavy atom. The molecule has 4 aromatic carbocycles. The van der Waals surface area contributed by atoms with E-state index in [1.165, 1.54) is 19.1 Å². The minimum atomic E-state index is -1.18. The fraction of sp³-hybridized carbons (Fsp3) is 0.436. The number of likely N-dealkylation sites (tertiary alicyclic amines) is 1. The number of nitrogens with one attached hydrogen (secondary N) is 5. The minimum Gasteiger partial charge on any atom is -0.496 e. The standard InChI is InChI=1S/C55H65Cl2N7O7S/c1-32(2)45(28-47(58)62-72-33(3)4)64-50(35-17-19-37(56)20-18-35)42(36-14-10-15-38(57)26-36)29-55(5,54(64)70)30-49(66)60-39-21-22-41(46(27-39)71-6)51(67)59-25-9-7-8-12-34-13-11-16-40-43(34)31-63(53(40)69)44-23-24-48(65)61-52(44)68/h10-11,13-22,26-27,32-33,42,44-45,50H,7-9,12,23-25,28-31H2,1-6H3,(H2,58,62)(H,59,67)(H,60,66)(H,61,65,68)/t42-,44?,45+,50-,55-/m1/s1. The first kappa shape index (κ1) is 53.9. The Hall–Kier alpha value is -5.90. The number of fused-ring (bicyclic) bond motifs is 1. The van der Waals surface area contributed by atoms with Crippen molar-refractivity contribution in [2.75, 3.05) is 19.0 Å². The molecule has 6 amide bonds. The molecule has 0 bridgehead atoms. The van der Waals surface area contributed by atoms with Crippen LogP contribution in [0.25, 0.3) is 0 Å². The van der Waals surface area contributed by atoms with E-state index in [9.17, 15) is 24.0 Å². The zero-order valence-corrected chi connectivity index (χ0v) is 44.1. The number of piperidine rings is 2. The Bertz CT molecular complexity index is 2700. The summed E-state index contributed by atoms with van der Waals surface area (Å²) >= 11 is 14.5. The molecule has 7 rings (SSSR count). The number of amidine groups is 1. The number of aryl methyl sites for hydroxylation is 1. The van der Waals surface area contributed by atoms with Crippen LogP contribution in [0.5, 0.6) is 5.75 Å². The van der Waals surface area contributed by atoms with Crippen LogP contribution < -0.4 is 25.4 Å². The third-order valence-electron chi connectivity index (χ3n) is 13.9. The van der Waals surface area contributed by atoms with Gasteiger partial charge in [-0.2, -0.15) is 0 Å². The molecule has 0 aromatic heterocycles. The van der Waals surface area contributed by atoms with Crippen LogP contribution in [0.3, 0.4) is 0 Å². The summed E-state index contributed by atoms with van der Waals surface area (Å²) in [6, 6.07) is 24.1. The molecular weight excluding hydrogens is 974 g/mol. The molecule has 4 aromatic rings. The third-order valence-corrected chi connectivity index (χ3v) is 15.2. The third kappa shape index (κ3) is 12.6. The Kier molecular flexibility index (Phi) is 17.8. The van der Waals surface area contributed by atoms with Crippen molar-refractivity contribution in [1.82, 2.24) is 25.2 Å². The van der Waals surface area contributed by atoms with Gasteiger partial charge in [0.1, 0.15) is 17.6 Å². The van der Waals surface area contributed by atoms with Gasteiger partial charge < -0.3 is 29.9 Å². The highest BCUT2D eigenvalue weighted by Crippen LogP contribution is 2.53. The van der Waals surface area contributed by atoms with Crippen LogP contribution >= 0.6 is 35.1 Å². The number of carbonyl (C=O) groups excluding carboxylic acids is 6. The van der Waals surface area contributed by atoms with Gasteiger partial charge in [0.05, 0.1) is 24.1 Å². The molecule has 14 nitrogen and oxygen atoms in total. The first-order chi connectivity index (χ1) is 34.4. The molecule has 3 heterocycles. The molecule has 0 saturated carbocycles. The lowest BCUT2D eigenvalue weighted by molar-refractivity contribution is -0.158. The number of halogens is 2. The predicted octanol–water partition coefficient (Wildman–Crippen LogP) is 10.0. The summed E-state index contributed by atoms with van der Waals surface area (Å²) in [5.41, 5.74) is 3.88. The molecular formula is C55H65Cl2N7O7S. The van der Waals surface area contributed by atoms with Crippen LogP contribution in [0.2, 0.25) is 10.0 Å². The van der Waals surface area contributed by atoms with E-state index in [4.69, 9.17) is 33.3 Å². The van der Waals surface area contributed by atoms with Gasteiger partial charge in [-0.1, -0.05) is 101 Å². The number of carbonyl (C=O) groups is 6. The molecule has 2 fully saturated rings. The van der Waals surface area contributed by atoms with Gasteiger partial charge in [-0.05, 0) is 115 Å². The quantitative estimate of drug-likeness (QED) is 0.0189. The minimum absolute atomic E-state index is 0.0628.